The van der Waals surface area contributed by atoms with Gasteiger partial charge in [-0.25, -0.2) is 9.61 Å². The van der Waals surface area contributed by atoms with Crippen molar-refractivity contribution in [3.8, 4) is 17.6 Å². The summed E-state index contributed by atoms with van der Waals surface area (Å²) < 4.78 is 6.66. The predicted octanol–water partition coefficient (Wildman–Crippen LogP) is 4.31. The van der Waals surface area contributed by atoms with Gasteiger partial charge in [0.25, 0.3) is 0 Å². The lowest BCUT2D eigenvalue weighted by molar-refractivity contribution is 0.308. The van der Waals surface area contributed by atoms with E-state index in [4.69, 9.17) is 33.1 Å². The first-order chi connectivity index (χ1) is 12.2. The van der Waals surface area contributed by atoms with Gasteiger partial charge in [-0.2, -0.15) is 5.26 Å². The van der Waals surface area contributed by atoms with E-state index >= 15 is 0 Å². The summed E-state index contributed by atoms with van der Waals surface area (Å²) >= 11 is 12.3. The Balaban J connectivity index is 1.88. The summed E-state index contributed by atoms with van der Waals surface area (Å²) in [4.78, 5) is 4.59. The van der Waals surface area contributed by atoms with Crippen LogP contribution in [0.15, 0.2) is 47.2 Å². The lowest BCUT2D eigenvalue weighted by atomic mass is 10.1. The molecule has 0 atom stereocenters. The molecule has 0 aliphatic carbocycles. The number of imidazole rings is 1. The number of rotatable bonds is 3. The van der Waals surface area contributed by atoms with Gasteiger partial charge in [0, 0.05) is 6.54 Å². The van der Waals surface area contributed by atoms with Crippen LogP contribution in [0.1, 0.15) is 11.1 Å². The van der Waals surface area contributed by atoms with Gasteiger partial charge in [-0.05, 0) is 35.0 Å². The summed E-state index contributed by atoms with van der Waals surface area (Å²) in [6.45, 7) is 0.516. The molecule has 0 aliphatic heterocycles. The average Bonchev–Trinajstić information content (AvgIpc) is 3.25. The van der Waals surface area contributed by atoms with Crippen LogP contribution in [-0.2, 0) is 6.54 Å². The molecule has 0 radical (unpaired) electrons. The van der Waals surface area contributed by atoms with E-state index in [1.165, 1.54) is 6.20 Å². The standard InChI is InChI=1S/C17H9Cl2N5O/c18-12-5-14-16(6-13(12)19)24(17(22-14)15-8-21-25-23-15)9-11-3-1-10(7-20)2-4-11/h1-6,8H,9H2. The molecule has 0 unspecified atom stereocenters. The molecule has 6 nitrogen and oxygen atoms in total. The Hall–Kier alpha value is -2.88. The Morgan fingerprint density at radius 2 is 1.88 bits per heavy atom. The zero-order valence-electron chi connectivity index (χ0n) is 12.6. The molecule has 0 fully saturated rings. The van der Waals surface area contributed by atoms with Crippen molar-refractivity contribution in [2.45, 2.75) is 6.54 Å². The monoisotopic (exact) mass is 369 g/mol. The van der Waals surface area contributed by atoms with Gasteiger partial charge in [0.15, 0.2) is 11.5 Å². The van der Waals surface area contributed by atoms with Crippen LogP contribution in [0.25, 0.3) is 22.6 Å². The summed E-state index contributed by atoms with van der Waals surface area (Å²) in [5.41, 5.74) is 3.63. The van der Waals surface area contributed by atoms with Crippen LogP contribution < -0.4 is 0 Å². The smallest absolute Gasteiger partial charge is 0.170 e. The minimum Gasteiger partial charge on any atom is -0.318 e. The average molecular weight is 370 g/mol. The topological polar surface area (TPSA) is 80.5 Å². The van der Waals surface area contributed by atoms with E-state index in [-0.39, 0.29) is 0 Å². The second-order valence-electron chi connectivity index (χ2n) is 5.38. The van der Waals surface area contributed by atoms with E-state index in [2.05, 4.69) is 21.4 Å². The highest BCUT2D eigenvalue weighted by atomic mass is 35.5. The minimum absolute atomic E-state index is 0.432. The van der Waals surface area contributed by atoms with Crippen LogP contribution >= 0.6 is 23.2 Å². The third-order valence-electron chi connectivity index (χ3n) is 3.80. The zero-order valence-corrected chi connectivity index (χ0v) is 14.2. The van der Waals surface area contributed by atoms with Crippen molar-refractivity contribution in [1.29, 1.82) is 5.26 Å². The molecule has 2 heterocycles. The molecule has 0 amide bonds. The summed E-state index contributed by atoms with van der Waals surface area (Å²) in [6.07, 6.45) is 1.50. The van der Waals surface area contributed by atoms with Crippen molar-refractivity contribution >= 4 is 34.2 Å². The first kappa shape index (κ1) is 15.6. The highest BCUT2D eigenvalue weighted by Gasteiger charge is 2.17. The fraction of sp³-hybridized carbons (Fsp3) is 0.0588. The number of hydrogen-bond donors (Lipinski definition) is 0. The van der Waals surface area contributed by atoms with Gasteiger partial charge in [-0.15, -0.1) is 0 Å². The van der Waals surface area contributed by atoms with Crippen molar-refractivity contribution in [3.05, 3.63) is 63.8 Å². The maximum absolute atomic E-state index is 8.93. The molecule has 8 heteroatoms. The Morgan fingerprint density at radius 3 is 2.56 bits per heavy atom. The minimum atomic E-state index is 0.432. The number of aromatic nitrogens is 4. The fourth-order valence-electron chi connectivity index (χ4n) is 2.61. The molecule has 0 bridgehead atoms. The van der Waals surface area contributed by atoms with Gasteiger partial charge >= 0.3 is 0 Å². The van der Waals surface area contributed by atoms with Crippen molar-refractivity contribution in [1.82, 2.24) is 19.9 Å². The first-order valence-corrected chi connectivity index (χ1v) is 8.03. The molecule has 122 valence electrons. The van der Waals surface area contributed by atoms with Gasteiger partial charge in [-0.3, -0.25) is 0 Å². The molecule has 2 aromatic heterocycles. The molecule has 0 N–H and O–H groups in total. The van der Waals surface area contributed by atoms with Crippen LogP contribution in [0.2, 0.25) is 10.0 Å². The second kappa shape index (κ2) is 6.20. The van der Waals surface area contributed by atoms with E-state index in [1.807, 2.05) is 16.7 Å². The molecule has 0 spiro atoms. The number of halogens is 2. The van der Waals surface area contributed by atoms with E-state index in [9.17, 15) is 0 Å². The van der Waals surface area contributed by atoms with Crippen LogP contribution in [-0.4, -0.2) is 19.9 Å². The Kier molecular flexibility index (Phi) is 3.88. The molecule has 0 aliphatic rings. The highest BCUT2D eigenvalue weighted by Crippen LogP contribution is 2.31. The Labute approximate surface area is 152 Å². The van der Waals surface area contributed by atoms with Crippen molar-refractivity contribution in [3.63, 3.8) is 0 Å². The predicted molar refractivity (Wildman–Crippen MR) is 93.3 cm³/mol. The third kappa shape index (κ3) is 2.84. The maximum atomic E-state index is 8.93. The summed E-state index contributed by atoms with van der Waals surface area (Å²) in [6, 6.07) is 12.9. The van der Waals surface area contributed by atoms with Crippen molar-refractivity contribution < 1.29 is 4.63 Å². The fourth-order valence-corrected chi connectivity index (χ4v) is 2.92. The summed E-state index contributed by atoms with van der Waals surface area (Å²) in [5.74, 6) is 0.596. The largest absolute Gasteiger partial charge is 0.318 e. The molecule has 4 rings (SSSR count). The maximum Gasteiger partial charge on any atom is 0.170 e. The third-order valence-corrected chi connectivity index (χ3v) is 4.53. The first-order valence-electron chi connectivity index (χ1n) is 7.28. The molecule has 2 aromatic carbocycles. The van der Waals surface area contributed by atoms with Gasteiger partial charge < -0.3 is 4.57 Å². The molecular formula is C17H9Cl2N5O. The lowest BCUT2D eigenvalue weighted by Crippen LogP contribution is -2.02. The molecule has 4 aromatic rings. The van der Waals surface area contributed by atoms with Gasteiger partial charge in [-0.1, -0.05) is 40.5 Å². The molecule has 25 heavy (non-hydrogen) atoms. The number of benzene rings is 2. The zero-order chi connectivity index (χ0) is 17.4. The second-order valence-corrected chi connectivity index (χ2v) is 6.19. The van der Waals surface area contributed by atoms with Crippen LogP contribution in [0.4, 0.5) is 0 Å². The van der Waals surface area contributed by atoms with Gasteiger partial charge in [0.1, 0.15) is 6.20 Å². The van der Waals surface area contributed by atoms with Crippen molar-refractivity contribution in [2.75, 3.05) is 0 Å². The number of nitrogens with zero attached hydrogens (tertiary/aromatic N) is 5. The molecular weight excluding hydrogens is 361 g/mol. The van der Waals surface area contributed by atoms with E-state index in [0.29, 0.717) is 39.2 Å². The Morgan fingerprint density at radius 1 is 1.12 bits per heavy atom. The molecule has 0 saturated heterocycles. The van der Waals surface area contributed by atoms with E-state index in [1.54, 1.807) is 24.3 Å². The van der Waals surface area contributed by atoms with Gasteiger partial charge in [0.05, 0.1) is 32.7 Å². The van der Waals surface area contributed by atoms with E-state index in [0.717, 1.165) is 11.1 Å². The van der Waals surface area contributed by atoms with E-state index < -0.39 is 0 Å². The quantitative estimate of drug-likeness (QED) is 0.537. The lowest BCUT2D eigenvalue weighted by Gasteiger charge is -2.08. The SMILES string of the molecule is N#Cc1ccc(Cn2c(-c3cnon3)nc3cc(Cl)c(Cl)cc32)cc1. The van der Waals surface area contributed by atoms with Crippen LogP contribution in [0, 0.1) is 11.3 Å². The number of fused-ring (bicyclic) bond motifs is 1. The highest BCUT2D eigenvalue weighted by molar-refractivity contribution is 6.42. The summed E-state index contributed by atoms with van der Waals surface area (Å²) in [5, 5.41) is 17.3. The Bertz CT molecular complexity index is 1090. The molecule has 0 saturated carbocycles. The normalized spacial score (nSPS) is 10.9. The summed E-state index contributed by atoms with van der Waals surface area (Å²) in [7, 11) is 0. The van der Waals surface area contributed by atoms with Crippen molar-refractivity contribution in [2.24, 2.45) is 0 Å². The van der Waals surface area contributed by atoms with Crippen LogP contribution in [0.3, 0.4) is 0 Å². The number of nitriles is 1. The van der Waals surface area contributed by atoms with Crippen LogP contribution in [0.5, 0.6) is 0 Å². The van der Waals surface area contributed by atoms with Gasteiger partial charge in [0.2, 0.25) is 0 Å². The number of hydrogen-bond acceptors (Lipinski definition) is 5.